The van der Waals surface area contributed by atoms with Gasteiger partial charge in [-0.25, -0.2) is 13.8 Å². The van der Waals surface area contributed by atoms with E-state index in [0.717, 1.165) is 19.9 Å². The van der Waals surface area contributed by atoms with Crippen molar-refractivity contribution in [2.24, 2.45) is 5.10 Å². The molecule has 0 spiro atoms. The number of benzene rings is 3. The van der Waals surface area contributed by atoms with Crippen LogP contribution in [0.3, 0.4) is 0 Å². The molecule has 0 radical (unpaired) electrons. The van der Waals surface area contributed by atoms with E-state index in [1.54, 1.807) is 0 Å². The number of hydrazone groups is 1. The molecule has 184 valence electrons. The van der Waals surface area contributed by atoms with E-state index in [9.17, 15) is 13.2 Å². The summed E-state index contributed by atoms with van der Waals surface area (Å²) in [7, 11) is -1.13. The van der Waals surface area contributed by atoms with Crippen molar-refractivity contribution in [2.45, 2.75) is 11.3 Å². The Morgan fingerprint density at radius 1 is 1.00 bits per heavy atom. The van der Waals surface area contributed by atoms with Crippen LogP contribution in [0, 0.1) is 0 Å². The van der Waals surface area contributed by atoms with Crippen molar-refractivity contribution in [1.29, 1.82) is 0 Å². The SMILES string of the molecule is COc1ccc(S(=O)(=O)N(CCc2ccccc2)CC(=O)N/N=C\c2ccccc2Br)cc1OC. The van der Waals surface area contributed by atoms with Gasteiger partial charge in [0.25, 0.3) is 5.91 Å². The minimum atomic E-state index is -4.03. The molecule has 0 bridgehead atoms. The lowest BCUT2D eigenvalue weighted by Crippen LogP contribution is -2.40. The van der Waals surface area contributed by atoms with Crippen molar-refractivity contribution in [3.63, 3.8) is 0 Å². The number of rotatable bonds is 11. The molecule has 3 aromatic rings. The van der Waals surface area contributed by atoms with E-state index in [1.165, 1.54) is 38.6 Å². The zero-order valence-corrected chi connectivity index (χ0v) is 21.8. The second-order valence-electron chi connectivity index (χ2n) is 7.41. The van der Waals surface area contributed by atoms with Crippen LogP contribution in [0.15, 0.2) is 87.3 Å². The molecule has 0 aliphatic carbocycles. The number of amides is 1. The van der Waals surface area contributed by atoms with Crippen molar-refractivity contribution < 1.29 is 22.7 Å². The van der Waals surface area contributed by atoms with Crippen LogP contribution in [-0.4, -0.2) is 52.2 Å². The van der Waals surface area contributed by atoms with Gasteiger partial charge >= 0.3 is 0 Å². The number of ether oxygens (including phenoxy) is 2. The Morgan fingerprint density at radius 2 is 1.69 bits per heavy atom. The molecule has 0 aliphatic rings. The molecule has 0 aromatic heterocycles. The van der Waals surface area contributed by atoms with Gasteiger partial charge in [0, 0.05) is 22.6 Å². The van der Waals surface area contributed by atoms with Crippen molar-refractivity contribution in [3.8, 4) is 11.5 Å². The third-order valence-corrected chi connectivity index (χ3v) is 7.67. The summed E-state index contributed by atoms with van der Waals surface area (Å²) in [5, 5.41) is 3.97. The fourth-order valence-corrected chi connectivity index (χ4v) is 5.06. The molecule has 3 rings (SSSR count). The van der Waals surface area contributed by atoms with E-state index in [2.05, 4.69) is 26.5 Å². The van der Waals surface area contributed by atoms with Crippen LogP contribution in [0.1, 0.15) is 11.1 Å². The number of methoxy groups -OCH3 is 2. The predicted octanol–water partition coefficient (Wildman–Crippen LogP) is 3.85. The maximum absolute atomic E-state index is 13.5. The Bertz CT molecular complexity index is 1280. The lowest BCUT2D eigenvalue weighted by molar-refractivity contribution is -0.121. The van der Waals surface area contributed by atoms with Crippen molar-refractivity contribution >= 4 is 38.1 Å². The number of carbonyl (C=O) groups is 1. The van der Waals surface area contributed by atoms with Gasteiger partial charge in [-0.1, -0.05) is 64.5 Å². The van der Waals surface area contributed by atoms with Crippen LogP contribution >= 0.6 is 15.9 Å². The number of hydrogen-bond acceptors (Lipinski definition) is 6. The van der Waals surface area contributed by atoms with Gasteiger partial charge in [-0.3, -0.25) is 4.79 Å². The molecule has 10 heteroatoms. The highest BCUT2D eigenvalue weighted by Crippen LogP contribution is 2.30. The number of halogens is 1. The van der Waals surface area contributed by atoms with E-state index >= 15 is 0 Å². The molecule has 0 unspecified atom stereocenters. The summed E-state index contributed by atoms with van der Waals surface area (Å²) in [6.07, 6.45) is 1.92. The molecule has 0 atom stereocenters. The van der Waals surface area contributed by atoms with Crippen LogP contribution < -0.4 is 14.9 Å². The lowest BCUT2D eigenvalue weighted by Gasteiger charge is -2.22. The molecule has 35 heavy (non-hydrogen) atoms. The van der Waals surface area contributed by atoms with Gasteiger partial charge in [0.2, 0.25) is 10.0 Å². The summed E-state index contributed by atoms with van der Waals surface area (Å²) >= 11 is 3.41. The van der Waals surface area contributed by atoms with Crippen molar-refractivity contribution in [3.05, 3.63) is 88.4 Å². The molecule has 0 saturated carbocycles. The smallest absolute Gasteiger partial charge is 0.255 e. The van der Waals surface area contributed by atoms with Gasteiger partial charge in [0.1, 0.15) is 0 Å². The van der Waals surface area contributed by atoms with Gasteiger partial charge in [-0.2, -0.15) is 9.41 Å². The van der Waals surface area contributed by atoms with Crippen LogP contribution in [0.5, 0.6) is 11.5 Å². The Hall–Kier alpha value is -3.21. The fraction of sp³-hybridized carbons (Fsp3) is 0.200. The number of carbonyl (C=O) groups excluding carboxylic acids is 1. The van der Waals surface area contributed by atoms with Crippen LogP contribution in [0.2, 0.25) is 0 Å². The van der Waals surface area contributed by atoms with E-state index < -0.39 is 22.5 Å². The van der Waals surface area contributed by atoms with Crippen molar-refractivity contribution in [2.75, 3.05) is 27.3 Å². The van der Waals surface area contributed by atoms with Crippen molar-refractivity contribution in [1.82, 2.24) is 9.73 Å². The monoisotopic (exact) mass is 559 g/mol. The maximum Gasteiger partial charge on any atom is 0.255 e. The van der Waals surface area contributed by atoms with Crippen LogP contribution in [0.4, 0.5) is 0 Å². The molecule has 3 aromatic carbocycles. The third kappa shape index (κ3) is 7.14. The van der Waals surface area contributed by atoms with E-state index in [-0.39, 0.29) is 17.2 Å². The van der Waals surface area contributed by atoms with E-state index in [1.807, 2.05) is 54.6 Å². The first-order chi connectivity index (χ1) is 16.8. The first kappa shape index (κ1) is 26.4. The predicted molar refractivity (Wildman–Crippen MR) is 138 cm³/mol. The molecule has 0 fully saturated rings. The largest absolute Gasteiger partial charge is 0.493 e. The van der Waals surface area contributed by atoms with Crippen LogP contribution in [0.25, 0.3) is 0 Å². The summed E-state index contributed by atoms with van der Waals surface area (Å²) in [6, 6.07) is 21.2. The zero-order chi connectivity index (χ0) is 25.3. The normalized spacial score (nSPS) is 11.5. The quantitative estimate of drug-likeness (QED) is 0.284. The van der Waals surface area contributed by atoms with Gasteiger partial charge in [0.05, 0.1) is 31.9 Å². The van der Waals surface area contributed by atoms with Crippen LogP contribution in [-0.2, 0) is 21.2 Å². The highest BCUT2D eigenvalue weighted by Gasteiger charge is 2.27. The summed E-state index contributed by atoms with van der Waals surface area (Å²) < 4.78 is 39.4. The molecule has 1 N–H and O–H groups in total. The molecular weight excluding hydrogens is 534 g/mol. The number of nitrogens with one attached hydrogen (secondary N) is 1. The van der Waals surface area contributed by atoms with Gasteiger partial charge in [0.15, 0.2) is 11.5 Å². The third-order valence-electron chi connectivity index (χ3n) is 5.10. The highest BCUT2D eigenvalue weighted by atomic mass is 79.9. The average Bonchev–Trinajstić information content (AvgIpc) is 2.87. The second-order valence-corrected chi connectivity index (χ2v) is 10.2. The molecular formula is C25H26BrN3O5S. The Balaban J connectivity index is 1.81. The molecule has 8 nitrogen and oxygen atoms in total. The molecule has 0 aliphatic heterocycles. The topological polar surface area (TPSA) is 97.3 Å². The Kier molecular flexibility index (Phi) is 9.41. The number of nitrogens with zero attached hydrogens (tertiary/aromatic N) is 2. The average molecular weight is 560 g/mol. The Labute approximate surface area is 213 Å². The lowest BCUT2D eigenvalue weighted by atomic mass is 10.1. The first-order valence-corrected chi connectivity index (χ1v) is 12.9. The number of hydrogen-bond donors (Lipinski definition) is 1. The molecule has 0 saturated heterocycles. The fourth-order valence-electron chi connectivity index (χ4n) is 3.26. The summed E-state index contributed by atoms with van der Waals surface area (Å²) in [5.74, 6) is 0.117. The van der Waals surface area contributed by atoms with E-state index in [0.29, 0.717) is 12.2 Å². The second kappa shape index (κ2) is 12.5. The standard InChI is InChI=1S/C25H26BrN3O5S/c1-33-23-13-12-21(16-24(23)34-2)35(31,32)29(15-14-19-8-4-3-5-9-19)18-25(30)28-27-17-20-10-6-7-11-22(20)26/h3-13,16-17H,14-15,18H2,1-2H3,(H,28,30)/b27-17-. The summed E-state index contributed by atoms with van der Waals surface area (Å²) in [6.45, 7) is -0.307. The molecule has 0 heterocycles. The molecule has 1 amide bonds. The highest BCUT2D eigenvalue weighted by molar-refractivity contribution is 9.10. The van der Waals surface area contributed by atoms with Gasteiger partial charge in [-0.15, -0.1) is 0 Å². The summed E-state index contributed by atoms with van der Waals surface area (Å²) in [4.78, 5) is 12.6. The maximum atomic E-state index is 13.5. The minimum absolute atomic E-state index is 0.00673. The van der Waals surface area contributed by atoms with Gasteiger partial charge in [-0.05, 0) is 30.2 Å². The van der Waals surface area contributed by atoms with Gasteiger partial charge < -0.3 is 9.47 Å². The first-order valence-electron chi connectivity index (χ1n) is 10.7. The number of sulfonamides is 1. The Morgan fingerprint density at radius 3 is 2.37 bits per heavy atom. The minimum Gasteiger partial charge on any atom is -0.493 e. The zero-order valence-electron chi connectivity index (χ0n) is 19.3. The summed E-state index contributed by atoms with van der Waals surface area (Å²) in [5.41, 5.74) is 4.13. The van der Waals surface area contributed by atoms with E-state index in [4.69, 9.17) is 9.47 Å².